The summed E-state index contributed by atoms with van der Waals surface area (Å²) < 4.78 is 5.54. The van der Waals surface area contributed by atoms with Crippen LogP contribution in [0.25, 0.3) is 0 Å². The molecule has 8 heteroatoms. The molecule has 2 rings (SSSR count). The van der Waals surface area contributed by atoms with Crippen LogP contribution in [0.2, 0.25) is 0 Å². The predicted octanol–water partition coefficient (Wildman–Crippen LogP) is 2.95. The van der Waals surface area contributed by atoms with E-state index in [0.29, 0.717) is 11.7 Å². The SMILES string of the molecule is CC(C)c1ccc(O[C@@H](C)C(=O)NNC(=O)c2ccccc2[N+](=O)[O-])cc1. The van der Waals surface area contributed by atoms with Crippen LogP contribution in [0.1, 0.15) is 42.6 Å². The van der Waals surface area contributed by atoms with Crippen molar-refractivity contribution in [2.24, 2.45) is 0 Å². The highest BCUT2D eigenvalue weighted by atomic mass is 16.6. The van der Waals surface area contributed by atoms with Gasteiger partial charge in [-0.3, -0.25) is 30.6 Å². The third-order valence-corrected chi connectivity index (χ3v) is 3.87. The number of nitro benzene ring substituents is 1. The second-order valence-electron chi connectivity index (χ2n) is 6.20. The molecule has 0 spiro atoms. The van der Waals surface area contributed by atoms with Crippen molar-refractivity contribution in [2.45, 2.75) is 32.8 Å². The van der Waals surface area contributed by atoms with Crippen LogP contribution in [0, 0.1) is 10.1 Å². The van der Waals surface area contributed by atoms with E-state index in [-0.39, 0.29) is 11.3 Å². The highest BCUT2D eigenvalue weighted by Gasteiger charge is 2.21. The first-order chi connectivity index (χ1) is 12.8. The van der Waals surface area contributed by atoms with Crippen LogP contribution in [0.4, 0.5) is 5.69 Å². The minimum Gasteiger partial charge on any atom is -0.481 e. The van der Waals surface area contributed by atoms with Crippen molar-refractivity contribution in [1.82, 2.24) is 10.9 Å². The molecule has 0 aromatic heterocycles. The molecule has 0 unspecified atom stereocenters. The number of carbonyl (C=O) groups is 2. The number of hydrazine groups is 1. The van der Waals surface area contributed by atoms with Crippen molar-refractivity contribution in [3.8, 4) is 5.75 Å². The molecular formula is C19H21N3O5. The number of nitrogens with one attached hydrogen (secondary N) is 2. The van der Waals surface area contributed by atoms with Gasteiger partial charge in [0.05, 0.1) is 4.92 Å². The molecule has 27 heavy (non-hydrogen) atoms. The van der Waals surface area contributed by atoms with E-state index in [4.69, 9.17) is 4.74 Å². The second kappa shape index (κ2) is 8.79. The van der Waals surface area contributed by atoms with Gasteiger partial charge >= 0.3 is 0 Å². The summed E-state index contributed by atoms with van der Waals surface area (Å²) >= 11 is 0. The van der Waals surface area contributed by atoms with Gasteiger partial charge in [0.2, 0.25) is 0 Å². The van der Waals surface area contributed by atoms with Crippen LogP contribution in [-0.4, -0.2) is 22.8 Å². The summed E-state index contributed by atoms with van der Waals surface area (Å²) in [5.74, 6) is -0.469. The van der Waals surface area contributed by atoms with E-state index in [1.54, 1.807) is 12.1 Å². The van der Waals surface area contributed by atoms with Crippen molar-refractivity contribution in [3.63, 3.8) is 0 Å². The standard InChI is InChI=1S/C19H21N3O5/c1-12(2)14-8-10-15(11-9-14)27-13(3)18(23)20-21-19(24)16-6-4-5-7-17(16)22(25)26/h4-13H,1-3H3,(H,20,23)(H,21,24)/t13-/m0/s1. The molecule has 0 heterocycles. The quantitative estimate of drug-likeness (QED) is 0.599. The molecule has 0 radical (unpaired) electrons. The van der Waals surface area contributed by atoms with Crippen LogP contribution in [0.15, 0.2) is 48.5 Å². The van der Waals surface area contributed by atoms with Gasteiger partial charge in [-0.05, 0) is 36.6 Å². The lowest BCUT2D eigenvalue weighted by Crippen LogP contribution is -2.47. The second-order valence-corrected chi connectivity index (χ2v) is 6.20. The summed E-state index contributed by atoms with van der Waals surface area (Å²) in [6.07, 6.45) is -0.874. The number of ether oxygens (including phenoxy) is 1. The number of hydrogen-bond acceptors (Lipinski definition) is 5. The summed E-state index contributed by atoms with van der Waals surface area (Å²) in [6, 6.07) is 12.8. The Labute approximate surface area is 156 Å². The van der Waals surface area contributed by atoms with Crippen LogP contribution in [0.3, 0.4) is 0 Å². The number of nitrogens with zero attached hydrogens (tertiary/aromatic N) is 1. The van der Waals surface area contributed by atoms with Gasteiger partial charge in [0, 0.05) is 6.07 Å². The zero-order valence-corrected chi connectivity index (χ0v) is 15.3. The molecule has 0 aliphatic carbocycles. The fourth-order valence-electron chi connectivity index (χ4n) is 2.30. The molecule has 142 valence electrons. The molecular weight excluding hydrogens is 350 g/mol. The first-order valence-electron chi connectivity index (χ1n) is 8.39. The first kappa shape index (κ1) is 19.9. The fourth-order valence-corrected chi connectivity index (χ4v) is 2.30. The number of para-hydroxylation sites is 1. The normalized spacial score (nSPS) is 11.6. The number of carbonyl (C=O) groups excluding carboxylic acids is 2. The molecule has 0 bridgehead atoms. The van der Waals surface area contributed by atoms with E-state index in [0.717, 1.165) is 5.56 Å². The highest BCUT2D eigenvalue weighted by molar-refractivity contribution is 5.99. The van der Waals surface area contributed by atoms with Crippen LogP contribution >= 0.6 is 0 Å². The minimum atomic E-state index is -0.874. The molecule has 2 aromatic rings. The Morgan fingerprint density at radius 1 is 1.00 bits per heavy atom. The lowest BCUT2D eigenvalue weighted by molar-refractivity contribution is -0.385. The molecule has 8 nitrogen and oxygen atoms in total. The third kappa shape index (κ3) is 5.27. The van der Waals surface area contributed by atoms with Crippen LogP contribution < -0.4 is 15.6 Å². The number of hydrogen-bond donors (Lipinski definition) is 2. The summed E-state index contributed by atoms with van der Waals surface area (Å²) in [5.41, 5.74) is 5.02. The average molecular weight is 371 g/mol. The smallest absolute Gasteiger partial charge is 0.282 e. The van der Waals surface area contributed by atoms with E-state index in [1.807, 2.05) is 12.1 Å². The number of benzene rings is 2. The number of nitro groups is 1. The van der Waals surface area contributed by atoms with Crippen molar-refractivity contribution in [2.75, 3.05) is 0 Å². The molecule has 0 saturated carbocycles. The average Bonchev–Trinajstić information content (AvgIpc) is 2.66. The van der Waals surface area contributed by atoms with Gasteiger partial charge in [0.1, 0.15) is 11.3 Å². The predicted molar refractivity (Wildman–Crippen MR) is 99.3 cm³/mol. The zero-order chi connectivity index (χ0) is 20.0. The van der Waals surface area contributed by atoms with Gasteiger partial charge < -0.3 is 4.74 Å². The molecule has 2 amide bonds. The van der Waals surface area contributed by atoms with Crippen LogP contribution in [0.5, 0.6) is 5.75 Å². The Morgan fingerprint density at radius 2 is 1.63 bits per heavy atom. The fraction of sp³-hybridized carbons (Fsp3) is 0.263. The molecule has 0 aliphatic heterocycles. The minimum absolute atomic E-state index is 0.152. The lowest BCUT2D eigenvalue weighted by atomic mass is 10.0. The maximum atomic E-state index is 12.1. The molecule has 0 aliphatic rings. The van der Waals surface area contributed by atoms with Gasteiger partial charge in [0.15, 0.2) is 6.10 Å². The van der Waals surface area contributed by atoms with Crippen molar-refractivity contribution >= 4 is 17.5 Å². The Balaban J connectivity index is 1.93. The Hall–Kier alpha value is -3.42. The Kier molecular flexibility index (Phi) is 6.48. The van der Waals surface area contributed by atoms with E-state index >= 15 is 0 Å². The monoisotopic (exact) mass is 371 g/mol. The summed E-state index contributed by atoms with van der Waals surface area (Å²) in [4.78, 5) is 34.5. The van der Waals surface area contributed by atoms with Gasteiger partial charge in [0.25, 0.3) is 17.5 Å². The van der Waals surface area contributed by atoms with E-state index in [1.165, 1.54) is 31.2 Å². The van der Waals surface area contributed by atoms with E-state index in [9.17, 15) is 19.7 Å². The first-order valence-corrected chi connectivity index (χ1v) is 8.39. The van der Waals surface area contributed by atoms with Gasteiger partial charge in [-0.25, -0.2) is 0 Å². The summed E-state index contributed by atoms with van der Waals surface area (Å²) in [5, 5.41) is 11.0. The highest BCUT2D eigenvalue weighted by Crippen LogP contribution is 2.19. The van der Waals surface area contributed by atoms with E-state index < -0.39 is 22.8 Å². The van der Waals surface area contributed by atoms with Gasteiger partial charge in [-0.15, -0.1) is 0 Å². The topological polar surface area (TPSA) is 111 Å². The lowest BCUT2D eigenvalue weighted by Gasteiger charge is -2.16. The molecule has 0 fully saturated rings. The van der Waals surface area contributed by atoms with Crippen molar-refractivity contribution in [1.29, 1.82) is 0 Å². The number of rotatable bonds is 6. The summed E-state index contributed by atoms with van der Waals surface area (Å²) in [7, 11) is 0. The molecule has 2 N–H and O–H groups in total. The van der Waals surface area contributed by atoms with Crippen molar-refractivity contribution in [3.05, 3.63) is 69.8 Å². The molecule has 1 atom stereocenters. The molecule has 2 aromatic carbocycles. The maximum absolute atomic E-state index is 12.1. The van der Waals surface area contributed by atoms with Gasteiger partial charge in [-0.2, -0.15) is 0 Å². The number of amides is 2. The summed E-state index contributed by atoms with van der Waals surface area (Å²) in [6.45, 7) is 5.68. The largest absolute Gasteiger partial charge is 0.481 e. The maximum Gasteiger partial charge on any atom is 0.282 e. The third-order valence-electron chi connectivity index (χ3n) is 3.87. The Morgan fingerprint density at radius 3 is 2.22 bits per heavy atom. The molecule has 0 saturated heterocycles. The van der Waals surface area contributed by atoms with Crippen molar-refractivity contribution < 1.29 is 19.2 Å². The van der Waals surface area contributed by atoms with Gasteiger partial charge in [-0.1, -0.05) is 38.1 Å². The zero-order valence-electron chi connectivity index (χ0n) is 15.3. The Bertz CT molecular complexity index is 833. The van der Waals surface area contributed by atoms with Crippen LogP contribution in [-0.2, 0) is 4.79 Å². The van der Waals surface area contributed by atoms with E-state index in [2.05, 4.69) is 24.7 Å².